The van der Waals surface area contributed by atoms with E-state index in [1.165, 1.54) is 36.5 Å². The average Bonchev–Trinajstić information content (AvgIpc) is 3.23. The van der Waals surface area contributed by atoms with Crippen molar-refractivity contribution in [1.82, 2.24) is 19.5 Å². The molecule has 0 radical (unpaired) electrons. The highest BCUT2D eigenvalue weighted by Crippen LogP contribution is 2.38. The van der Waals surface area contributed by atoms with Gasteiger partial charge in [-0.05, 0) is 56.0 Å². The Balaban J connectivity index is 1.65. The van der Waals surface area contributed by atoms with E-state index in [1.807, 2.05) is 0 Å². The van der Waals surface area contributed by atoms with Crippen LogP contribution in [0.2, 0.25) is 0 Å². The summed E-state index contributed by atoms with van der Waals surface area (Å²) in [5.74, 6) is -2.91. The molecular formula is C23H23F6N5. The Bertz CT molecular complexity index is 1120. The van der Waals surface area contributed by atoms with Gasteiger partial charge in [0.1, 0.15) is 11.9 Å². The van der Waals surface area contributed by atoms with E-state index >= 15 is 0 Å². The van der Waals surface area contributed by atoms with E-state index in [9.17, 15) is 26.3 Å². The zero-order chi connectivity index (χ0) is 24.5. The van der Waals surface area contributed by atoms with Crippen molar-refractivity contribution in [3.05, 3.63) is 48.7 Å². The summed E-state index contributed by atoms with van der Waals surface area (Å²) in [5, 5.41) is 3.02. The van der Waals surface area contributed by atoms with Crippen molar-refractivity contribution >= 4 is 5.95 Å². The predicted octanol–water partition coefficient (Wildman–Crippen LogP) is 6.51. The number of hydrogen-bond acceptors (Lipinski definition) is 4. The molecule has 1 aliphatic carbocycles. The molecular weight excluding hydrogens is 460 g/mol. The van der Waals surface area contributed by atoms with Gasteiger partial charge < -0.3 is 9.88 Å². The standard InChI is InChI=1S/C23H23F6N5/c1-14(23(27,28)29)34-13-32-19(16-2-4-17(24)5-3-16)20(34)18-8-11-30-21(33-18)31-12-15-6-9-22(25,26)10-7-15/h2-5,8,11,13-15H,6-7,9-10,12H2,1H3,(H,30,31,33). The van der Waals surface area contributed by atoms with Gasteiger partial charge in [-0.25, -0.2) is 28.1 Å². The van der Waals surface area contributed by atoms with Crippen LogP contribution in [0.4, 0.5) is 32.3 Å². The third-order valence-electron chi connectivity index (χ3n) is 6.09. The number of aromatic nitrogens is 4. The van der Waals surface area contributed by atoms with Crippen LogP contribution < -0.4 is 5.32 Å². The monoisotopic (exact) mass is 483 g/mol. The minimum absolute atomic E-state index is 0.0254. The minimum Gasteiger partial charge on any atom is -0.354 e. The third kappa shape index (κ3) is 5.34. The molecule has 1 atom stereocenters. The molecule has 5 nitrogen and oxygen atoms in total. The van der Waals surface area contributed by atoms with Crippen LogP contribution in [0.5, 0.6) is 0 Å². The number of alkyl halides is 5. The molecule has 1 N–H and O–H groups in total. The topological polar surface area (TPSA) is 55.6 Å². The van der Waals surface area contributed by atoms with E-state index in [0.717, 1.165) is 17.8 Å². The van der Waals surface area contributed by atoms with Crippen molar-refractivity contribution in [2.45, 2.75) is 50.7 Å². The van der Waals surface area contributed by atoms with Gasteiger partial charge in [0.25, 0.3) is 0 Å². The number of rotatable bonds is 6. The fourth-order valence-corrected chi connectivity index (χ4v) is 4.00. The molecule has 0 spiro atoms. The van der Waals surface area contributed by atoms with Crippen LogP contribution in [-0.4, -0.2) is 38.2 Å². The van der Waals surface area contributed by atoms with Crippen molar-refractivity contribution in [3.8, 4) is 22.6 Å². The maximum Gasteiger partial charge on any atom is 0.408 e. The Morgan fingerprint density at radius 2 is 1.76 bits per heavy atom. The van der Waals surface area contributed by atoms with Crippen LogP contribution >= 0.6 is 0 Å². The van der Waals surface area contributed by atoms with Gasteiger partial charge in [0.15, 0.2) is 0 Å². The highest BCUT2D eigenvalue weighted by atomic mass is 19.4. The summed E-state index contributed by atoms with van der Waals surface area (Å²) in [5.41, 5.74) is 0.954. The fraction of sp³-hybridized carbons (Fsp3) is 0.435. The molecule has 1 unspecified atom stereocenters. The molecule has 1 aromatic carbocycles. The van der Waals surface area contributed by atoms with E-state index in [0.29, 0.717) is 24.9 Å². The van der Waals surface area contributed by atoms with Gasteiger partial charge in [-0.1, -0.05) is 0 Å². The van der Waals surface area contributed by atoms with Gasteiger partial charge in [-0.15, -0.1) is 0 Å². The smallest absolute Gasteiger partial charge is 0.354 e. The van der Waals surface area contributed by atoms with Gasteiger partial charge >= 0.3 is 6.18 Å². The molecule has 2 aromatic heterocycles. The fourth-order valence-electron chi connectivity index (χ4n) is 4.00. The Labute approximate surface area is 192 Å². The van der Waals surface area contributed by atoms with Gasteiger partial charge in [-0.2, -0.15) is 13.2 Å². The number of nitrogens with zero attached hydrogens (tertiary/aromatic N) is 4. The van der Waals surface area contributed by atoms with E-state index in [4.69, 9.17) is 0 Å². The lowest BCUT2D eigenvalue weighted by Gasteiger charge is -2.28. The second-order valence-electron chi connectivity index (χ2n) is 8.52. The second kappa shape index (κ2) is 9.27. The van der Waals surface area contributed by atoms with Gasteiger partial charge in [0.05, 0.1) is 23.4 Å². The largest absolute Gasteiger partial charge is 0.408 e. The summed E-state index contributed by atoms with van der Waals surface area (Å²) < 4.78 is 81.8. The summed E-state index contributed by atoms with van der Waals surface area (Å²) >= 11 is 0. The molecule has 182 valence electrons. The first-order valence-corrected chi connectivity index (χ1v) is 10.9. The van der Waals surface area contributed by atoms with E-state index in [2.05, 4.69) is 20.3 Å². The van der Waals surface area contributed by atoms with Gasteiger partial charge in [0, 0.05) is 31.1 Å². The molecule has 1 aliphatic rings. The Hall–Kier alpha value is -3.11. The summed E-state index contributed by atoms with van der Waals surface area (Å²) in [6.07, 6.45) is -1.65. The second-order valence-corrected chi connectivity index (χ2v) is 8.52. The Kier molecular flexibility index (Phi) is 6.55. The Morgan fingerprint density at radius 3 is 2.41 bits per heavy atom. The summed E-state index contributed by atoms with van der Waals surface area (Å²) in [7, 11) is 0. The molecule has 0 amide bonds. The molecule has 0 bridgehead atoms. The number of anilines is 1. The first kappa shape index (κ1) is 24.0. The molecule has 0 saturated heterocycles. The Morgan fingerprint density at radius 1 is 1.09 bits per heavy atom. The lowest BCUT2D eigenvalue weighted by atomic mass is 9.87. The quantitative estimate of drug-likeness (QED) is 0.407. The van der Waals surface area contributed by atoms with Crippen molar-refractivity contribution < 1.29 is 26.3 Å². The summed E-state index contributed by atoms with van der Waals surface area (Å²) in [4.78, 5) is 12.7. The van der Waals surface area contributed by atoms with E-state index in [1.54, 1.807) is 0 Å². The molecule has 11 heteroatoms. The van der Waals surface area contributed by atoms with E-state index in [-0.39, 0.29) is 41.8 Å². The van der Waals surface area contributed by atoms with Crippen LogP contribution in [0.15, 0.2) is 42.9 Å². The SMILES string of the molecule is CC(n1cnc(-c2ccc(F)cc2)c1-c1ccnc(NCC2CCC(F)(F)CC2)n1)C(F)(F)F. The van der Waals surface area contributed by atoms with Gasteiger partial charge in [-0.3, -0.25) is 0 Å². The van der Waals surface area contributed by atoms with Crippen molar-refractivity contribution in [3.63, 3.8) is 0 Å². The summed E-state index contributed by atoms with van der Waals surface area (Å²) in [6.45, 7) is 1.39. The van der Waals surface area contributed by atoms with Crippen LogP contribution in [0.3, 0.4) is 0 Å². The minimum atomic E-state index is -4.54. The normalized spacial score (nSPS) is 17.5. The van der Waals surface area contributed by atoms with Crippen molar-refractivity contribution in [2.24, 2.45) is 5.92 Å². The first-order valence-electron chi connectivity index (χ1n) is 10.9. The molecule has 1 saturated carbocycles. The lowest BCUT2D eigenvalue weighted by Crippen LogP contribution is -2.28. The molecule has 4 rings (SSSR count). The highest BCUT2D eigenvalue weighted by molar-refractivity contribution is 5.77. The molecule has 1 fully saturated rings. The van der Waals surface area contributed by atoms with Crippen LogP contribution in [0, 0.1) is 11.7 Å². The van der Waals surface area contributed by atoms with Crippen LogP contribution in [0.25, 0.3) is 22.6 Å². The third-order valence-corrected chi connectivity index (χ3v) is 6.09. The first-order chi connectivity index (χ1) is 16.0. The highest BCUT2D eigenvalue weighted by Gasteiger charge is 2.39. The molecule has 0 aliphatic heterocycles. The molecule has 34 heavy (non-hydrogen) atoms. The predicted molar refractivity (Wildman–Crippen MR) is 115 cm³/mol. The molecule has 2 heterocycles. The lowest BCUT2D eigenvalue weighted by molar-refractivity contribution is -0.162. The summed E-state index contributed by atoms with van der Waals surface area (Å²) in [6, 6.07) is 4.85. The van der Waals surface area contributed by atoms with Gasteiger partial charge in [0.2, 0.25) is 11.9 Å². The van der Waals surface area contributed by atoms with E-state index < -0.39 is 24.0 Å². The number of hydrogen-bond donors (Lipinski definition) is 1. The van der Waals surface area contributed by atoms with Crippen molar-refractivity contribution in [2.75, 3.05) is 11.9 Å². The zero-order valence-electron chi connectivity index (χ0n) is 18.3. The van der Waals surface area contributed by atoms with Crippen LogP contribution in [0.1, 0.15) is 38.6 Å². The number of nitrogens with one attached hydrogen (secondary N) is 1. The number of imidazole rings is 1. The zero-order valence-corrected chi connectivity index (χ0v) is 18.3. The van der Waals surface area contributed by atoms with Crippen LogP contribution in [-0.2, 0) is 0 Å². The average molecular weight is 483 g/mol. The maximum absolute atomic E-state index is 13.6. The molecule has 3 aromatic rings. The number of benzene rings is 1. The number of halogens is 6. The maximum atomic E-state index is 13.6. The van der Waals surface area contributed by atoms with Crippen molar-refractivity contribution in [1.29, 1.82) is 0 Å².